The molecule has 0 unspecified atom stereocenters. The van der Waals surface area contributed by atoms with Gasteiger partial charge in [0.15, 0.2) is 5.82 Å². The van der Waals surface area contributed by atoms with Crippen molar-refractivity contribution in [2.24, 2.45) is 0 Å². The van der Waals surface area contributed by atoms with E-state index in [1.807, 2.05) is 12.3 Å². The van der Waals surface area contributed by atoms with Crippen molar-refractivity contribution < 1.29 is 4.74 Å². The molecule has 9 nitrogen and oxygen atoms in total. The highest BCUT2D eigenvalue weighted by atomic mass is 32.2. The van der Waals surface area contributed by atoms with Crippen LogP contribution in [0.1, 0.15) is 18.4 Å². The first-order chi connectivity index (χ1) is 20.1. The third-order valence-corrected chi connectivity index (χ3v) is 9.20. The lowest BCUT2D eigenvalue weighted by Crippen LogP contribution is -2.52. The van der Waals surface area contributed by atoms with Gasteiger partial charge in [0.05, 0.1) is 18.3 Å². The zero-order valence-electron chi connectivity index (χ0n) is 24.2. The molecule has 2 saturated heterocycles. The van der Waals surface area contributed by atoms with Crippen LogP contribution in [0.4, 0.5) is 23.1 Å². The van der Waals surface area contributed by atoms with Crippen molar-refractivity contribution in [3.63, 3.8) is 0 Å². The van der Waals surface area contributed by atoms with Gasteiger partial charge in [-0.2, -0.15) is 4.98 Å². The van der Waals surface area contributed by atoms with Gasteiger partial charge in [0.2, 0.25) is 5.95 Å². The fraction of sp³-hybridized carbons (Fsp3) is 0.419. The quantitative estimate of drug-likeness (QED) is 0.233. The number of benzene rings is 2. The lowest BCUT2D eigenvalue weighted by molar-refractivity contribution is 0.0982. The smallest absolute Gasteiger partial charge is 0.229 e. The van der Waals surface area contributed by atoms with Gasteiger partial charge in [-0.1, -0.05) is 18.2 Å². The number of hydrogen-bond donors (Lipinski definition) is 3. The second kappa shape index (κ2) is 12.6. The highest BCUT2D eigenvalue weighted by molar-refractivity contribution is 7.98. The number of likely N-dealkylation sites (N-methyl/N-ethyl adjacent to an activating group) is 1. The van der Waals surface area contributed by atoms with E-state index in [-0.39, 0.29) is 0 Å². The summed E-state index contributed by atoms with van der Waals surface area (Å²) in [5.41, 5.74) is 5.01. The Morgan fingerprint density at radius 1 is 1.00 bits per heavy atom. The minimum Gasteiger partial charge on any atom is -0.494 e. The van der Waals surface area contributed by atoms with Gasteiger partial charge in [0, 0.05) is 74.7 Å². The number of aromatic amines is 1. The van der Waals surface area contributed by atoms with E-state index in [2.05, 4.69) is 86.1 Å². The number of H-pyrrole nitrogens is 1. The third kappa shape index (κ3) is 6.24. The molecule has 2 aromatic heterocycles. The summed E-state index contributed by atoms with van der Waals surface area (Å²) in [7, 11) is 3.94. The number of methoxy groups -OCH3 is 1. The molecule has 2 fully saturated rings. The second-order valence-electron chi connectivity index (χ2n) is 10.9. The number of aromatic nitrogens is 3. The van der Waals surface area contributed by atoms with Crippen LogP contribution in [-0.4, -0.2) is 90.5 Å². The predicted molar refractivity (Wildman–Crippen MR) is 170 cm³/mol. The Bertz CT molecular complexity index is 1460. The van der Waals surface area contributed by atoms with Crippen LogP contribution in [0.25, 0.3) is 11.0 Å². The number of anilines is 4. The molecule has 216 valence electrons. The van der Waals surface area contributed by atoms with E-state index in [1.165, 1.54) is 55.2 Å². The molecule has 0 saturated carbocycles. The summed E-state index contributed by atoms with van der Waals surface area (Å²) in [6, 6.07) is 17.5. The monoisotopic (exact) mass is 572 g/mol. The Morgan fingerprint density at radius 2 is 1.80 bits per heavy atom. The maximum atomic E-state index is 5.83. The highest BCUT2D eigenvalue weighted by Gasteiger charge is 2.27. The third-order valence-electron chi connectivity index (χ3n) is 8.36. The average molecular weight is 573 g/mol. The number of piperidine rings is 1. The lowest BCUT2D eigenvalue weighted by Gasteiger charge is -2.42. The van der Waals surface area contributed by atoms with E-state index in [4.69, 9.17) is 14.7 Å². The van der Waals surface area contributed by atoms with Crippen LogP contribution >= 0.6 is 11.8 Å². The first-order valence-electron chi connectivity index (χ1n) is 14.4. The zero-order chi connectivity index (χ0) is 28.2. The highest BCUT2D eigenvalue weighted by Crippen LogP contribution is 2.34. The summed E-state index contributed by atoms with van der Waals surface area (Å²) in [5, 5.41) is 6.94. The van der Waals surface area contributed by atoms with Crippen LogP contribution in [0.3, 0.4) is 0 Å². The molecule has 0 atom stereocenters. The van der Waals surface area contributed by atoms with Crippen LogP contribution in [0.2, 0.25) is 0 Å². The first-order valence-corrected chi connectivity index (χ1v) is 15.7. The summed E-state index contributed by atoms with van der Waals surface area (Å²) in [4.78, 5) is 21.7. The van der Waals surface area contributed by atoms with Crippen molar-refractivity contribution >= 4 is 45.9 Å². The summed E-state index contributed by atoms with van der Waals surface area (Å²) in [5.74, 6) is 2.07. The van der Waals surface area contributed by atoms with Crippen molar-refractivity contribution in [1.29, 1.82) is 0 Å². The van der Waals surface area contributed by atoms with Crippen molar-refractivity contribution in [2.75, 3.05) is 75.2 Å². The first kappa shape index (κ1) is 27.7. The van der Waals surface area contributed by atoms with Gasteiger partial charge in [0.1, 0.15) is 11.3 Å². The number of piperazine rings is 1. The summed E-state index contributed by atoms with van der Waals surface area (Å²) in [6.07, 6.45) is 6.40. The van der Waals surface area contributed by atoms with Crippen molar-refractivity contribution in [2.45, 2.75) is 30.3 Å². The lowest BCUT2D eigenvalue weighted by atomic mass is 10.0. The SMILES string of the molecule is COc1cc(N2CCC(N3CCN(C)CC3)CC2)ccc1Nc1nc(NCc2ccccc2SC)c2[nH]ccc2n1. The Hall–Kier alpha value is -3.47. The summed E-state index contributed by atoms with van der Waals surface area (Å²) < 4.78 is 5.83. The topological polar surface area (TPSA) is 84.6 Å². The van der Waals surface area contributed by atoms with E-state index in [1.54, 1.807) is 18.9 Å². The minimum atomic E-state index is 0.525. The van der Waals surface area contributed by atoms with E-state index in [0.29, 0.717) is 18.5 Å². The largest absolute Gasteiger partial charge is 0.494 e. The normalized spacial score (nSPS) is 17.2. The van der Waals surface area contributed by atoms with Gasteiger partial charge in [-0.05, 0) is 56.0 Å². The van der Waals surface area contributed by atoms with E-state index in [0.717, 1.165) is 41.4 Å². The van der Waals surface area contributed by atoms with Gasteiger partial charge in [-0.3, -0.25) is 4.90 Å². The number of ether oxygens (including phenoxy) is 1. The summed E-state index contributed by atoms with van der Waals surface area (Å²) >= 11 is 1.75. The summed E-state index contributed by atoms with van der Waals surface area (Å²) in [6.45, 7) is 7.53. The van der Waals surface area contributed by atoms with Gasteiger partial charge in [0.25, 0.3) is 0 Å². The van der Waals surface area contributed by atoms with E-state index >= 15 is 0 Å². The second-order valence-corrected chi connectivity index (χ2v) is 11.7. The number of hydrogen-bond acceptors (Lipinski definition) is 9. The number of rotatable bonds is 9. The number of nitrogens with zero attached hydrogens (tertiary/aromatic N) is 5. The van der Waals surface area contributed by atoms with Crippen LogP contribution in [0.15, 0.2) is 59.6 Å². The Balaban J connectivity index is 1.15. The van der Waals surface area contributed by atoms with E-state index in [9.17, 15) is 0 Å². The molecule has 2 aliphatic heterocycles. The van der Waals surface area contributed by atoms with Crippen LogP contribution in [0.5, 0.6) is 5.75 Å². The molecule has 0 radical (unpaired) electrons. The van der Waals surface area contributed by atoms with Crippen molar-refractivity contribution in [3.05, 3.63) is 60.3 Å². The molecular formula is C31H40N8OS. The van der Waals surface area contributed by atoms with E-state index < -0.39 is 0 Å². The maximum Gasteiger partial charge on any atom is 0.229 e. The number of nitrogens with one attached hydrogen (secondary N) is 3. The van der Waals surface area contributed by atoms with Crippen LogP contribution < -0.4 is 20.3 Å². The molecule has 4 aromatic rings. The molecule has 0 bridgehead atoms. The van der Waals surface area contributed by atoms with Gasteiger partial charge in [-0.25, -0.2) is 4.98 Å². The fourth-order valence-electron chi connectivity index (χ4n) is 5.93. The molecular weight excluding hydrogens is 532 g/mol. The minimum absolute atomic E-state index is 0.525. The Kier molecular flexibility index (Phi) is 8.50. The molecule has 0 spiro atoms. The molecule has 0 amide bonds. The standard InChI is InChI=1S/C31H40N8OS/c1-37-16-18-39(19-17-37)23-11-14-38(15-12-23)24-8-9-25(27(20-24)40-2)34-31-35-26-10-13-32-29(26)30(36-31)33-21-22-6-4-5-7-28(22)41-3/h4-10,13,20,23,32H,11-12,14-19,21H2,1-3H3,(H2,33,34,35,36). The maximum absolute atomic E-state index is 5.83. The molecule has 2 aliphatic rings. The van der Waals surface area contributed by atoms with Crippen LogP contribution in [-0.2, 0) is 6.54 Å². The molecule has 2 aromatic carbocycles. The molecule has 10 heteroatoms. The van der Waals surface area contributed by atoms with Gasteiger partial charge < -0.3 is 30.2 Å². The fourth-order valence-corrected chi connectivity index (χ4v) is 6.55. The number of fused-ring (bicyclic) bond motifs is 1. The van der Waals surface area contributed by atoms with Crippen molar-refractivity contribution in [1.82, 2.24) is 24.8 Å². The zero-order valence-corrected chi connectivity index (χ0v) is 25.0. The van der Waals surface area contributed by atoms with Crippen molar-refractivity contribution in [3.8, 4) is 5.75 Å². The molecule has 6 rings (SSSR count). The van der Waals surface area contributed by atoms with Crippen LogP contribution in [0, 0.1) is 0 Å². The molecule has 4 heterocycles. The Labute approximate surface area is 246 Å². The average Bonchev–Trinajstić information content (AvgIpc) is 3.50. The van der Waals surface area contributed by atoms with Gasteiger partial charge in [-0.15, -0.1) is 11.8 Å². The molecule has 0 aliphatic carbocycles. The Morgan fingerprint density at radius 3 is 2.59 bits per heavy atom. The predicted octanol–water partition coefficient (Wildman–Crippen LogP) is 5.26. The number of thioether (sulfide) groups is 1. The molecule has 3 N–H and O–H groups in total. The van der Waals surface area contributed by atoms with Gasteiger partial charge >= 0.3 is 0 Å². The molecule has 41 heavy (non-hydrogen) atoms.